The maximum Gasteiger partial charge on any atom is 0.0181 e. The zero-order chi connectivity index (χ0) is 14.2. The number of hydrogen-bond acceptors (Lipinski definition) is 1. The van der Waals surface area contributed by atoms with Gasteiger partial charge in [0.1, 0.15) is 0 Å². The van der Waals surface area contributed by atoms with E-state index in [1.807, 2.05) is 11.8 Å². The van der Waals surface area contributed by atoms with Crippen molar-refractivity contribution in [2.45, 2.75) is 58.8 Å². The van der Waals surface area contributed by atoms with Crippen LogP contribution in [0.1, 0.15) is 40.8 Å². The lowest BCUT2D eigenvalue weighted by atomic mass is 10.1. The summed E-state index contributed by atoms with van der Waals surface area (Å²) >= 11 is 1.91. The highest BCUT2D eigenvalue weighted by molar-refractivity contribution is 7.99. The molecule has 0 bridgehead atoms. The van der Waals surface area contributed by atoms with Crippen LogP contribution in [-0.4, -0.2) is 0 Å². The molecular weight excluding hydrogens is 260 g/mol. The van der Waals surface area contributed by atoms with Gasteiger partial charge in [0.05, 0.1) is 0 Å². The van der Waals surface area contributed by atoms with Gasteiger partial charge in [-0.05, 0) is 63.8 Å². The van der Waals surface area contributed by atoms with E-state index in [0.29, 0.717) is 0 Å². The Balaban J connectivity index is 0.00000200. The van der Waals surface area contributed by atoms with E-state index in [-0.39, 0.29) is 7.43 Å². The molecule has 0 saturated heterocycles. The van der Waals surface area contributed by atoms with Gasteiger partial charge in [-0.1, -0.05) is 54.6 Å². The van der Waals surface area contributed by atoms with Gasteiger partial charge in [-0.25, -0.2) is 0 Å². The molecule has 2 aromatic rings. The molecule has 0 N–H and O–H groups in total. The summed E-state index contributed by atoms with van der Waals surface area (Å²) in [4.78, 5) is 2.81. The number of benzene rings is 2. The summed E-state index contributed by atoms with van der Waals surface area (Å²) in [6.45, 7) is 13.2. The average Bonchev–Trinajstić information content (AvgIpc) is 2.25. The van der Waals surface area contributed by atoms with Crippen molar-refractivity contribution >= 4 is 11.8 Å². The van der Waals surface area contributed by atoms with Crippen LogP contribution in [0.4, 0.5) is 0 Å². The topological polar surface area (TPSA) is 0 Å². The normalized spacial score (nSPS) is 10.3. The molecule has 108 valence electrons. The molecule has 0 aliphatic carbocycles. The monoisotopic (exact) mass is 286 g/mol. The van der Waals surface area contributed by atoms with E-state index >= 15 is 0 Å². The molecule has 0 amide bonds. The zero-order valence-corrected chi connectivity index (χ0v) is 13.5. The second-order valence-corrected chi connectivity index (χ2v) is 6.58. The maximum absolute atomic E-state index is 2.27. The summed E-state index contributed by atoms with van der Waals surface area (Å²) in [7, 11) is 0. The fourth-order valence-corrected chi connectivity index (χ4v) is 3.84. The van der Waals surface area contributed by atoms with E-state index in [0.717, 1.165) is 0 Å². The molecule has 0 nitrogen and oxygen atoms in total. The molecule has 0 heterocycles. The largest absolute Gasteiger partial charge is 0.0890 e. The molecule has 0 aliphatic heterocycles. The van der Waals surface area contributed by atoms with Gasteiger partial charge in [0, 0.05) is 9.79 Å². The van der Waals surface area contributed by atoms with E-state index < -0.39 is 0 Å². The summed E-state index contributed by atoms with van der Waals surface area (Å²) < 4.78 is 0. The van der Waals surface area contributed by atoms with Crippen LogP contribution in [0.5, 0.6) is 0 Å². The van der Waals surface area contributed by atoms with E-state index in [9.17, 15) is 0 Å². The minimum absolute atomic E-state index is 0. The third-order valence-corrected chi connectivity index (χ3v) is 5.11. The summed E-state index contributed by atoms with van der Waals surface area (Å²) in [5.74, 6) is 0. The lowest BCUT2D eigenvalue weighted by Gasteiger charge is -2.15. The lowest BCUT2D eigenvalue weighted by molar-refractivity contribution is 1.16. The van der Waals surface area contributed by atoms with Gasteiger partial charge < -0.3 is 0 Å². The summed E-state index contributed by atoms with van der Waals surface area (Å²) in [5.41, 5.74) is 8.20. The molecule has 0 aromatic heterocycles. The Morgan fingerprint density at radius 2 is 0.800 bits per heavy atom. The van der Waals surface area contributed by atoms with Crippen LogP contribution in [0.2, 0.25) is 0 Å². The van der Waals surface area contributed by atoms with Crippen molar-refractivity contribution in [3.8, 4) is 0 Å². The molecule has 0 spiro atoms. The Morgan fingerprint density at radius 3 is 1.05 bits per heavy atom. The minimum atomic E-state index is 0. The van der Waals surface area contributed by atoms with Crippen molar-refractivity contribution in [1.82, 2.24) is 0 Å². The molecule has 20 heavy (non-hydrogen) atoms. The summed E-state index contributed by atoms with van der Waals surface area (Å²) in [5, 5.41) is 0. The first-order valence-electron chi connectivity index (χ1n) is 6.72. The van der Waals surface area contributed by atoms with Gasteiger partial charge in [-0.2, -0.15) is 0 Å². The van der Waals surface area contributed by atoms with Gasteiger partial charge in [-0.15, -0.1) is 0 Å². The Morgan fingerprint density at radius 1 is 0.550 bits per heavy atom. The molecule has 0 fully saturated rings. The van der Waals surface area contributed by atoms with Crippen LogP contribution < -0.4 is 0 Å². The number of rotatable bonds is 2. The van der Waals surface area contributed by atoms with Crippen molar-refractivity contribution in [1.29, 1.82) is 0 Å². The average molecular weight is 286 g/mol. The Kier molecular flexibility index (Phi) is 5.47. The summed E-state index contributed by atoms with van der Waals surface area (Å²) in [6, 6.07) is 9.09. The van der Waals surface area contributed by atoms with E-state index in [4.69, 9.17) is 0 Å². The standard InChI is InChI=1S/C18H22S.CH4/c1-11-7-13(3)17(14(4)8-11)19-18-15(5)9-12(2)10-16(18)6;/h7-10H,1-6H3;1H4. The molecule has 0 aliphatic rings. The zero-order valence-electron chi connectivity index (χ0n) is 12.7. The quantitative estimate of drug-likeness (QED) is 0.622. The Labute approximate surface area is 128 Å². The van der Waals surface area contributed by atoms with Crippen LogP contribution >= 0.6 is 11.8 Å². The first kappa shape index (κ1) is 16.8. The minimum Gasteiger partial charge on any atom is -0.0890 e. The first-order chi connectivity index (χ1) is 8.88. The molecule has 0 radical (unpaired) electrons. The Hall–Kier alpha value is -1.21. The SMILES string of the molecule is C.Cc1cc(C)c(Sc2c(C)cc(C)cc2C)c(C)c1. The van der Waals surface area contributed by atoms with E-state index in [1.54, 1.807) is 0 Å². The third-order valence-electron chi connectivity index (χ3n) is 3.41. The predicted molar refractivity (Wildman–Crippen MR) is 92.2 cm³/mol. The Bertz CT molecular complexity index is 522. The van der Waals surface area contributed by atoms with Crippen molar-refractivity contribution in [2.75, 3.05) is 0 Å². The van der Waals surface area contributed by atoms with E-state index in [1.165, 1.54) is 43.2 Å². The van der Waals surface area contributed by atoms with Gasteiger partial charge >= 0.3 is 0 Å². The van der Waals surface area contributed by atoms with Crippen molar-refractivity contribution < 1.29 is 0 Å². The van der Waals surface area contributed by atoms with Gasteiger partial charge in [-0.3, -0.25) is 0 Å². The molecule has 0 atom stereocenters. The van der Waals surface area contributed by atoms with Crippen molar-refractivity contribution in [3.63, 3.8) is 0 Å². The fourth-order valence-electron chi connectivity index (χ4n) is 2.76. The molecule has 0 saturated carbocycles. The molecule has 1 heteroatoms. The van der Waals surface area contributed by atoms with Gasteiger partial charge in [0.2, 0.25) is 0 Å². The fraction of sp³-hybridized carbons (Fsp3) is 0.368. The highest BCUT2D eigenvalue weighted by atomic mass is 32.2. The van der Waals surface area contributed by atoms with Gasteiger partial charge in [0.25, 0.3) is 0 Å². The van der Waals surface area contributed by atoms with Crippen molar-refractivity contribution in [2.24, 2.45) is 0 Å². The lowest BCUT2D eigenvalue weighted by Crippen LogP contribution is -1.92. The molecular formula is C19H26S. The first-order valence-corrected chi connectivity index (χ1v) is 7.53. The molecule has 0 unspecified atom stereocenters. The summed E-state index contributed by atoms with van der Waals surface area (Å²) in [6.07, 6.45) is 0. The maximum atomic E-state index is 2.27. The molecule has 2 rings (SSSR count). The van der Waals surface area contributed by atoms with Crippen LogP contribution in [-0.2, 0) is 0 Å². The molecule has 2 aromatic carbocycles. The second kappa shape index (κ2) is 6.49. The van der Waals surface area contributed by atoms with Crippen LogP contribution in [0.3, 0.4) is 0 Å². The second-order valence-electron chi connectivity index (χ2n) is 5.56. The predicted octanol–water partition coefficient (Wildman–Crippen LogP) is 6.32. The number of hydrogen-bond donors (Lipinski definition) is 0. The highest BCUT2D eigenvalue weighted by Crippen LogP contribution is 2.37. The third kappa shape index (κ3) is 3.46. The smallest absolute Gasteiger partial charge is 0.0181 e. The van der Waals surface area contributed by atoms with Crippen LogP contribution in [0.25, 0.3) is 0 Å². The van der Waals surface area contributed by atoms with Gasteiger partial charge in [0.15, 0.2) is 0 Å². The highest BCUT2D eigenvalue weighted by Gasteiger charge is 2.10. The van der Waals surface area contributed by atoms with Crippen LogP contribution in [0.15, 0.2) is 34.1 Å². The van der Waals surface area contributed by atoms with Crippen molar-refractivity contribution in [3.05, 3.63) is 57.6 Å². The van der Waals surface area contributed by atoms with E-state index in [2.05, 4.69) is 65.8 Å². The van der Waals surface area contributed by atoms with Crippen LogP contribution in [0, 0.1) is 41.5 Å². The number of aryl methyl sites for hydroxylation is 6.